The summed E-state index contributed by atoms with van der Waals surface area (Å²) in [6.45, 7) is 6.53. The van der Waals surface area contributed by atoms with E-state index in [0.29, 0.717) is 19.3 Å². The van der Waals surface area contributed by atoms with Crippen LogP contribution in [-0.2, 0) is 28.6 Å². The van der Waals surface area contributed by atoms with Crippen molar-refractivity contribution in [1.29, 1.82) is 0 Å². The number of hydrogen-bond acceptors (Lipinski definition) is 6. The number of esters is 3. The summed E-state index contributed by atoms with van der Waals surface area (Å²) in [4.78, 5) is 37.4. The van der Waals surface area contributed by atoms with Crippen molar-refractivity contribution in [3.8, 4) is 0 Å². The van der Waals surface area contributed by atoms with Gasteiger partial charge in [-0.05, 0) is 38.5 Å². The highest BCUT2D eigenvalue weighted by Crippen LogP contribution is 2.15. The minimum atomic E-state index is -0.763. The number of carbonyl (C=O) groups is 3. The molecule has 0 fully saturated rings. The van der Waals surface area contributed by atoms with Crippen LogP contribution in [-0.4, -0.2) is 37.2 Å². The molecule has 0 heterocycles. The SMILES string of the molecule is CCCC/C=C\CCCCCCCC(=O)OC(COC(=O)CCCCCCCC)COC(=O)CCCCCCCCCCCCCCCCC. The first-order valence-corrected chi connectivity index (χ1v) is 21.7. The Hall–Kier alpha value is -1.85. The van der Waals surface area contributed by atoms with Crippen LogP contribution in [0.25, 0.3) is 0 Å². The summed E-state index contributed by atoms with van der Waals surface area (Å²) in [7, 11) is 0. The van der Waals surface area contributed by atoms with Gasteiger partial charge in [0.15, 0.2) is 6.10 Å². The molecule has 0 rings (SSSR count). The van der Waals surface area contributed by atoms with Gasteiger partial charge < -0.3 is 14.2 Å². The number of ether oxygens (including phenoxy) is 3. The molecule has 50 heavy (non-hydrogen) atoms. The Balaban J connectivity index is 4.24. The van der Waals surface area contributed by atoms with Crippen LogP contribution in [0.15, 0.2) is 12.2 Å². The molecule has 6 heteroatoms. The third-order valence-electron chi connectivity index (χ3n) is 9.52. The number of carbonyl (C=O) groups excluding carboxylic acids is 3. The van der Waals surface area contributed by atoms with Crippen molar-refractivity contribution in [2.45, 2.75) is 239 Å². The summed E-state index contributed by atoms with van der Waals surface area (Å²) in [5, 5.41) is 0. The fourth-order valence-corrected chi connectivity index (χ4v) is 6.19. The van der Waals surface area contributed by atoms with E-state index in [1.807, 2.05) is 0 Å². The van der Waals surface area contributed by atoms with Crippen molar-refractivity contribution in [2.75, 3.05) is 13.2 Å². The molecule has 0 aliphatic carbocycles. The van der Waals surface area contributed by atoms with Crippen molar-refractivity contribution >= 4 is 17.9 Å². The molecule has 0 aromatic rings. The Labute approximate surface area is 310 Å². The van der Waals surface area contributed by atoms with Gasteiger partial charge >= 0.3 is 17.9 Å². The molecule has 6 nitrogen and oxygen atoms in total. The predicted octanol–water partition coefficient (Wildman–Crippen LogP) is 13.5. The van der Waals surface area contributed by atoms with Gasteiger partial charge in [0.25, 0.3) is 0 Å². The Morgan fingerprint density at radius 1 is 0.380 bits per heavy atom. The van der Waals surface area contributed by atoms with Crippen molar-refractivity contribution < 1.29 is 28.6 Å². The third kappa shape index (κ3) is 37.4. The smallest absolute Gasteiger partial charge is 0.306 e. The molecule has 0 radical (unpaired) electrons. The zero-order valence-corrected chi connectivity index (χ0v) is 33.4. The average Bonchev–Trinajstić information content (AvgIpc) is 3.11. The lowest BCUT2D eigenvalue weighted by Crippen LogP contribution is -2.30. The Morgan fingerprint density at radius 2 is 0.680 bits per heavy atom. The lowest BCUT2D eigenvalue weighted by molar-refractivity contribution is -0.167. The molecule has 294 valence electrons. The molecular formula is C44H82O6. The molecule has 0 amide bonds. The van der Waals surface area contributed by atoms with Crippen molar-refractivity contribution in [1.82, 2.24) is 0 Å². The minimum absolute atomic E-state index is 0.0701. The van der Waals surface area contributed by atoms with Gasteiger partial charge in [-0.1, -0.05) is 187 Å². The summed E-state index contributed by atoms with van der Waals surface area (Å²) < 4.78 is 16.6. The standard InChI is InChI=1S/C44H82O6/c1-4-7-10-13-16-18-20-21-22-23-25-26-28-31-34-37-43(46)49-40-41(39-48-42(45)36-33-30-15-12-9-6-3)50-44(47)38-35-32-29-27-24-19-17-14-11-8-5-2/h14,17,41H,4-13,15-16,18-40H2,1-3H3/b17-14-. The topological polar surface area (TPSA) is 78.9 Å². The van der Waals surface area contributed by atoms with Gasteiger partial charge in [-0.2, -0.15) is 0 Å². The van der Waals surface area contributed by atoms with Crippen molar-refractivity contribution in [2.24, 2.45) is 0 Å². The maximum Gasteiger partial charge on any atom is 0.306 e. The normalized spacial score (nSPS) is 12.0. The first-order valence-electron chi connectivity index (χ1n) is 21.7. The van der Waals surface area contributed by atoms with Gasteiger partial charge in [0.1, 0.15) is 13.2 Å². The minimum Gasteiger partial charge on any atom is -0.462 e. The maximum absolute atomic E-state index is 12.6. The highest BCUT2D eigenvalue weighted by molar-refractivity contribution is 5.71. The van der Waals surface area contributed by atoms with Crippen LogP contribution < -0.4 is 0 Å². The number of allylic oxidation sites excluding steroid dienone is 2. The van der Waals surface area contributed by atoms with Crippen LogP contribution in [0.2, 0.25) is 0 Å². The molecule has 0 saturated carbocycles. The summed E-state index contributed by atoms with van der Waals surface area (Å²) in [6.07, 6.45) is 40.7. The van der Waals surface area contributed by atoms with Crippen molar-refractivity contribution in [3.05, 3.63) is 12.2 Å². The fraction of sp³-hybridized carbons (Fsp3) is 0.886. The van der Waals surface area contributed by atoms with Gasteiger partial charge in [-0.3, -0.25) is 14.4 Å². The molecule has 1 atom stereocenters. The highest BCUT2D eigenvalue weighted by Gasteiger charge is 2.19. The molecular weight excluding hydrogens is 624 g/mol. The highest BCUT2D eigenvalue weighted by atomic mass is 16.6. The zero-order chi connectivity index (χ0) is 36.6. The molecule has 0 aliphatic heterocycles. The molecule has 0 aromatic heterocycles. The largest absolute Gasteiger partial charge is 0.462 e. The van der Waals surface area contributed by atoms with E-state index < -0.39 is 6.10 Å². The number of hydrogen-bond donors (Lipinski definition) is 0. The molecule has 0 spiro atoms. The predicted molar refractivity (Wildman–Crippen MR) is 210 cm³/mol. The van der Waals surface area contributed by atoms with Gasteiger partial charge in [0.05, 0.1) is 0 Å². The molecule has 0 N–H and O–H groups in total. The molecule has 0 bridgehead atoms. The van der Waals surface area contributed by atoms with E-state index in [9.17, 15) is 14.4 Å². The molecule has 0 aromatic carbocycles. The fourth-order valence-electron chi connectivity index (χ4n) is 6.19. The molecule has 0 aliphatic rings. The van der Waals surface area contributed by atoms with Gasteiger partial charge in [-0.15, -0.1) is 0 Å². The monoisotopic (exact) mass is 707 g/mol. The molecule has 1 unspecified atom stereocenters. The quantitative estimate of drug-likeness (QED) is 0.0274. The van der Waals surface area contributed by atoms with E-state index in [1.54, 1.807) is 0 Å². The Morgan fingerprint density at radius 3 is 1.06 bits per heavy atom. The van der Waals surface area contributed by atoms with E-state index in [0.717, 1.165) is 64.2 Å². The second-order valence-electron chi connectivity index (χ2n) is 14.6. The van der Waals surface area contributed by atoms with Crippen LogP contribution in [0.3, 0.4) is 0 Å². The summed E-state index contributed by atoms with van der Waals surface area (Å²) >= 11 is 0. The number of rotatable bonds is 39. The summed E-state index contributed by atoms with van der Waals surface area (Å²) in [5.41, 5.74) is 0. The maximum atomic E-state index is 12.6. The van der Waals surface area contributed by atoms with Crippen molar-refractivity contribution in [3.63, 3.8) is 0 Å². The third-order valence-corrected chi connectivity index (χ3v) is 9.52. The van der Waals surface area contributed by atoms with Gasteiger partial charge in [0, 0.05) is 19.3 Å². The van der Waals surface area contributed by atoms with E-state index in [1.165, 1.54) is 128 Å². The Bertz CT molecular complexity index is 778. The van der Waals surface area contributed by atoms with Crippen LogP contribution in [0, 0.1) is 0 Å². The second kappa shape index (κ2) is 39.9. The van der Waals surface area contributed by atoms with E-state index in [-0.39, 0.29) is 31.1 Å². The van der Waals surface area contributed by atoms with Crippen LogP contribution in [0.5, 0.6) is 0 Å². The van der Waals surface area contributed by atoms with E-state index >= 15 is 0 Å². The van der Waals surface area contributed by atoms with Crippen LogP contribution in [0.1, 0.15) is 233 Å². The zero-order valence-electron chi connectivity index (χ0n) is 33.4. The summed E-state index contributed by atoms with van der Waals surface area (Å²) in [6, 6.07) is 0. The van der Waals surface area contributed by atoms with Gasteiger partial charge in [-0.25, -0.2) is 0 Å². The molecule has 0 saturated heterocycles. The first kappa shape index (κ1) is 48.1. The first-order chi connectivity index (χ1) is 24.5. The lowest BCUT2D eigenvalue weighted by Gasteiger charge is -2.18. The Kier molecular flexibility index (Phi) is 38.5. The second-order valence-corrected chi connectivity index (χ2v) is 14.6. The van der Waals surface area contributed by atoms with E-state index in [4.69, 9.17) is 14.2 Å². The lowest BCUT2D eigenvalue weighted by atomic mass is 10.0. The van der Waals surface area contributed by atoms with Crippen LogP contribution >= 0.6 is 0 Å². The average molecular weight is 707 g/mol. The number of unbranched alkanes of at least 4 members (excludes halogenated alkanes) is 26. The van der Waals surface area contributed by atoms with Crippen LogP contribution in [0.4, 0.5) is 0 Å². The van der Waals surface area contributed by atoms with Gasteiger partial charge in [0.2, 0.25) is 0 Å². The summed E-state index contributed by atoms with van der Waals surface area (Å²) in [5.74, 6) is -0.885. The van der Waals surface area contributed by atoms with E-state index in [2.05, 4.69) is 32.9 Å².